The lowest BCUT2D eigenvalue weighted by Gasteiger charge is -2.36. The zero-order valence-corrected chi connectivity index (χ0v) is 20.3. The molecule has 3 aromatic rings. The number of hydrogen-bond acceptors (Lipinski definition) is 5. The highest BCUT2D eigenvalue weighted by Crippen LogP contribution is 2.50. The van der Waals surface area contributed by atoms with Crippen molar-refractivity contribution in [3.8, 4) is 0 Å². The minimum Gasteiger partial charge on any atom is -0.378 e. The quantitative estimate of drug-likeness (QED) is 0.472. The third kappa shape index (κ3) is 4.10. The second-order valence-electron chi connectivity index (χ2n) is 9.20. The van der Waals surface area contributed by atoms with Gasteiger partial charge in [0.2, 0.25) is 0 Å². The Morgan fingerprint density at radius 2 is 1.76 bits per heavy atom. The fraction of sp³-hybridized carbons (Fsp3) is 0.296. The summed E-state index contributed by atoms with van der Waals surface area (Å²) in [6.45, 7) is 6.13. The summed E-state index contributed by atoms with van der Waals surface area (Å²) in [7, 11) is -3.75. The van der Waals surface area contributed by atoms with Crippen LogP contribution in [0.4, 0.5) is 11.4 Å². The first-order valence-corrected chi connectivity index (χ1v) is 12.9. The van der Waals surface area contributed by atoms with Crippen molar-refractivity contribution >= 4 is 27.2 Å². The average Bonchev–Trinajstić information content (AvgIpc) is 3.31. The summed E-state index contributed by atoms with van der Waals surface area (Å²) in [5.74, 6) is 0.208. The van der Waals surface area contributed by atoms with Gasteiger partial charge in [0.25, 0.3) is 10.0 Å². The molecule has 2 aliphatic rings. The van der Waals surface area contributed by atoms with Gasteiger partial charge < -0.3 is 10.1 Å². The molecule has 2 N–H and O–H groups in total. The Morgan fingerprint density at radius 3 is 2.47 bits per heavy atom. The van der Waals surface area contributed by atoms with Gasteiger partial charge in [0.15, 0.2) is 5.78 Å². The molecule has 0 spiro atoms. The van der Waals surface area contributed by atoms with E-state index in [0.717, 1.165) is 34.4 Å². The number of sulfonamides is 1. The molecule has 5 rings (SSSR count). The van der Waals surface area contributed by atoms with E-state index in [1.165, 1.54) is 0 Å². The lowest BCUT2D eigenvalue weighted by Crippen LogP contribution is -2.29. The molecule has 0 saturated carbocycles. The first-order valence-electron chi connectivity index (χ1n) is 11.5. The number of carbonyl (C=O) groups is 1. The van der Waals surface area contributed by atoms with Crippen LogP contribution in [0.25, 0.3) is 0 Å². The number of anilines is 2. The van der Waals surface area contributed by atoms with Crippen LogP contribution in [0.1, 0.15) is 58.1 Å². The first kappa shape index (κ1) is 22.6. The largest absolute Gasteiger partial charge is 0.378 e. The summed E-state index contributed by atoms with van der Waals surface area (Å²) in [4.78, 5) is 11.9. The maximum Gasteiger partial charge on any atom is 0.261 e. The number of hydrogen-bond donors (Lipinski definition) is 2. The average molecular weight is 477 g/mol. The zero-order chi connectivity index (χ0) is 24.0. The number of rotatable bonds is 5. The number of nitrogens with one attached hydrogen (secondary N) is 2. The van der Waals surface area contributed by atoms with E-state index in [4.69, 9.17) is 4.74 Å². The number of fused-ring (bicyclic) bond motifs is 3. The Morgan fingerprint density at radius 1 is 1.00 bits per heavy atom. The monoisotopic (exact) mass is 476 g/mol. The van der Waals surface area contributed by atoms with Crippen LogP contribution in [0.3, 0.4) is 0 Å². The van der Waals surface area contributed by atoms with Crippen molar-refractivity contribution in [1.29, 1.82) is 0 Å². The number of aryl methyl sites for hydroxylation is 2. The van der Waals surface area contributed by atoms with Crippen LogP contribution in [-0.4, -0.2) is 20.8 Å². The van der Waals surface area contributed by atoms with Gasteiger partial charge in [-0.15, -0.1) is 0 Å². The van der Waals surface area contributed by atoms with Crippen molar-refractivity contribution in [2.75, 3.05) is 16.6 Å². The Labute approximate surface area is 200 Å². The van der Waals surface area contributed by atoms with E-state index in [1.54, 1.807) is 25.1 Å². The normalized spacial score (nSPS) is 21.3. The number of ether oxygens (including phenoxy) is 1. The lowest BCUT2D eigenvalue weighted by atomic mass is 9.81. The van der Waals surface area contributed by atoms with E-state index in [-0.39, 0.29) is 28.7 Å². The molecule has 6 nitrogen and oxygen atoms in total. The van der Waals surface area contributed by atoms with E-state index >= 15 is 0 Å². The molecule has 0 aromatic heterocycles. The summed E-state index contributed by atoms with van der Waals surface area (Å²) < 4.78 is 35.1. The van der Waals surface area contributed by atoms with Crippen LogP contribution >= 0.6 is 0 Å². The highest BCUT2D eigenvalue weighted by Gasteiger charge is 2.42. The maximum atomic E-state index is 13.1. The van der Waals surface area contributed by atoms with Gasteiger partial charge in [-0.1, -0.05) is 30.3 Å². The molecule has 0 amide bonds. The van der Waals surface area contributed by atoms with Crippen molar-refractivity contribution in [3.05, 3.63) is 88.5 Å². The molecule has 0 aliphatic carbocycles. The van der Waals surface area contributed by atoms with Crippen LogP contribution < -0.4 is 10.0 Å². The van der Waals surface area contributed by atoms with Gasteiger partial charge in [0, 0.05) is 35.0 Å². The van der Waals surface area contributed by atoms with E-state index in [1.807, 2.05) is 56.3 Å². The molecule has 0 radical (unpaired) electrons. The molecule has 3 aromatic carbocycles. The molecule has 1 fully saturated rings. The van der Waals surface area contributed by atoms with Crippen molar-refractivity contribution in [2.45, 2.75) is 44.2 Å². The summed E-state index contributed by atoms with van der Waals surface area (Å²) in [5, 5.41) is 3.60. The minimum absolute atomic E-state index is 0.0251. The predicted molar refractivity (Wildman–Crippen MR) is 133 cm³/mol. The smallest absolute Gasteiger partial charge is 0.261 e. The number of carbonyl (C=O) groups excluding carboxylic acids is 1. The Hall–Kier alpha value is -3.16. The SMILES string of the molecule is CC(=O)c1ccc(C2Nc3ccc(S(=O)(=O)Nc4ccc(C)c(C)c4)cc3C3OCCC23)cc1. The Balaban J connectivity index is 1.45. The fourth-order valence-corrected chi connectivity index (χ4v) is 5.98. The van der Waals surface area contributed by atoms with Crippen molar-refractivity contribution in [1.82, 2.24) is 0 Å². The van der Waals surface area contributed by atoms with E-state index in [0.29, 0.717) is 17.9 Å². The standard InChI is InChI=1S/C27H28N2O4S/c1-16-4-9-21(14-17(16)2)29-34(31,32)22-10-11-25-24(15-22)27-23(12-13-33-27)26(28-25)20-7-5-19(6-8-20)18(3)30/h4-11,14-15,23,26-29H,12-13H2,1-3H3. The molecule has 2 aliphatic heterocycles. The van der Waals surface area contributed by atoms with E-state index < -0.39 is 10.0 Å². The third-order valence-corrected chi connectivity index (χ3v) is 8.33. The zero-order valence-electron chi connectivity index (χ0n) is 19.5. The molecular weight excluding hydrogens is 448 g/mol. The van der Waals surface area contributed by atoms with Gasteiger partial charge in [0.05, 0.1) is 17.0 Å². The van der Waals surface area contributed by atoms with Crippen LogP contribution in [0.15, 0.2) is 65.6 Å². The van der Waals surface area contributed by atoms with Crippen molar-refractivity contribution in [3.63, 3.8) is 0 Å². The lowest BCUT2D eigenvalue weighted by molar-refractivity contribution is 0.0827. The minimum atomic E-state index is -3.75. The first-order chi connectivity index (χ1) is 16.2. The van der Waals surface area contributed by atoms with Gasteiger partial charge >= 0.3 is 0 Å². The van der Waals surface area contributed by atoms with Crippen LogP contribution in [0.5, 0.6) is 0 Å². The van der Waals surface area contributed by atoms with Gasteiger partial charge in [-0.2, -0.15) is 0 Å². The topological polar surface area (TPSA) is 84.5 Å². The maximum absolute atomic E-state index is 13.1. The van der Waals surface area contributed by atoms with Crippen LogP contribution in [0, 0.1) is 19.8 Å². The summed E-state index contributed by atoms with van der Waals surface area (Å²) in [6, 6.07) is 18.4. The number of Topliss-reactive ketones (excluding diaryl/α,β-unsaturated/α-hetero) is 1. The third-order valence-electron chi connectivity index (χ3n) is 6.95. The molecule has 3 atom stereocenters. The second-order valence-corrected chi connectivity index (χ2v) is 10.9. The van der Waals surface area contributed by atoms with Crippen LogP contribution in [-0.2, 0) is 14.8 Å². The molecule has 7 heteroatoms. The molecular formula is C27H28N2O4S. The second kappa shape index (κ2) is 8.56. The fourth-order valence-electron chi connectivity index (χ4n) is 4.89. The number of ketones is 1. The molecule has 2 heterocycles. The Kier molecular flexibility index (Phi) is 5.70. The summed E-state index contributed by atoms with van der Waals surface area (Å²) in [6.07, 6.45) is 0.680. The van der Waals surface area contributed by atoms with Gasteiger partial charge in [-0.05, 0) is 74.2 Å². The Bertz CT molecular complexity index is 1370. The van der Waals surface area contributed by atoms with E-state index in [9.17, 15) is 13.2 Å². The van der Waals surface area contributed by atoms with Gasteiger partial charge in [0.1, 0.15) is 0 Å². The van der Waals surface area contributed by atoms with Crippen LogP contribution in [0.2, 0.25) is 0 Å². The number of benzene rings is 3. The van der Waals surface area contributed by atoms with Crippen molar-refractivity contribution in [2.24, 2.45) is 5.92 Å². The molecule has 34 heavy (non-hydrogen) atoms. The highest BCUT2D eigenvalue weighted by molar-refractivity contribution is 7.92. The van der Waals surface area contributed by atoms with E-state index in [2.05, 4.69) is 10.0 Å². The summed E-state index contributed by atoms with van der Waals surface area (Å²) >= 11 is 0. The molecule has 1 saturated heterocycles. The predicted octanol–water partition coefficient (Wildman–Crippen LogP) is 5.55. The highest BCUT2D eigenvalue weighted by atomic mass is 32.2. The van der Waals surface area contributed by atoms with Gasteiger partial charge in [-0.25, -0.2) is 8.42 Å². The molecule has 0 bridgehead atoms. The summed E-state index contributed by atoms with van der Waals surface area (Å²) in [5.41, 5.74) is 6.19. The molecule has 176 valence electrons. The van der Waals surface area contributed by atoms with Crippen molar-refractivity contribution < 1.29 is 17.9 Å². The van der Waals surface area contributed by atoms with Gasteiger partial charge in [-0.3, -0.25) is 9.52 Å². The molecule has 3 unspecified atom stereocenters.